The van der Waals surface area contributed by atoms with Gasteiger partial charge in [0.05, 0.1) is 0 Å². The molecule has 11 heteroatoms. The Hall–Kier alpha value is -5.08. The molecular formula is C27H24N3O7P. The SMILES string of the molecule is C=CC(=O)Nc1ccc(OP(=O)(Oc2ccc(NC(=O)C=C)cc2)Oc2ccc(NC(=O)C=C)cc2)cc1. The van der Waals surface area contributed by atoms with Crippen LogP contribution in [0, 0.1) is 0 Å². The van der Waals surface area contributed by atoms with Crippen LogP contribution < -0.4 is 29.5 Å². The summed E-state index contributed by atoms with van der Waals surface area (Å²) >= 11 is 0. The van der Waals surface area contributed by atoms with E-state index < -0.39 is 25.5 Å². The molecule has 3 N–H and O–H groups in total. The molecule has 0 bridgehead atoms. The van der Waals surface area contributed by atoms with Gasteiger partial charge in [-0.3, -0.25) is 14.4 Å². The molecule has 0 aliphatic carbocycles. The van der Waals surface area contributed by atoms with Crippen molar-refractivity contribution in [2.24, 2.45) is 0 Å². The van der Waals surface area contributed by atoms with Crippen LogP contribution >= 0.6 is 7.82 Å². The molecule has 38 heavy (non-hydrogen) atoms. The average Bonchev–Trinajstić information content (AvgIpc) is 2.91. The first-order chi connectivity index (χ1) is 18.2. The highest BCUT2D eigenvalue weighted by Gasteiger charge is 2.33. The Kier molecular flexibility index (Phi) is 9.23. The molecule has 10 nitrogen and oxygen atoms in total. The van der Waals surface area contributed by atoms with Crippen LogP contribution in [-0.2, 0) is 18.9 Å². The molecule has 0 saturated carbocycles. The molecule has 0 fully saturated rings. The molecular weight excluding hydrogens is 509 g/mol. The van der Waals surface area contributed by atoms with E-state index in [1.165, 1.54) is 72.8 Å². The molecule has 194 valence electrons. The standard InChI is InChI=1S/C27H24N3O7P/c1-4-25(31)28-19-7-13-22(14-8-19)35-38(34,36-23-15-9-20(10-16-23)29-26(32)5-2)37-24-17-11-21(12-18-24)30-27(33)6-3/h4-18H,1-3H2,(H,28,31)(H,29,32)(H,30,33). The summed E-state index contributed by atoms with van der Waals surface area (Å²) < 4.78 is 30.6. The summed E-state index contributed by atoms with van der Waals surface area (Å²) in [6.07, 6.45) is 3.38. The van der Waals surface area contributed by atoms with E-state index in [-0.39, 0.29) is 17.2 Å². The summed E-state index contributed by atoms with van der Waals surface area (Å²) in [5, 5.41) is 7.77. The van der Waals surface area contributed by atoms with Gasteiger partial charge in [0.1, 0.15) is 17.2 Å². The van der Waals surface area contributed by atoms with E-state index in [1.807, 2.05) is 0 Å². The largest absolute Gasteiger partial charge is 0.647 e. The first-order valence-electron chi connectivity index (χ1n) is 11.0. The highest BCUT2D eigenvalue weighted by molar-refractivity contribution is 7.49. The van der Waals surface area contributed by atoms with Crippen LogP contribution in [0.5, 0.6) is 17.2 Å². The maximum atomic E-state index is 13.7. The van der Waals surface area contributed by atoms with Crippen molar-refractivity contribution in [2.75, 3.05) is 16.0 Å². The Morgan fingerprint density at radius 2 is 0.763 bits per heavy atom. The van der Waals surface area contributed by atoms with E-state index in [2.05, 4.69) is 35.7 Å². The summed E-state index contributed by atoms with van der Waals surface area (Å²) in [5.41, 5.74) is 1.40. The van der Waals surface area contributed by atoms with Gasteiger partial charge in [0.25, 0.3) is 0 Å². The molecule has 0 unspecified atom stereocenters. The maximum Gasteiger partial charge on any atom is 0.647 e. The predicted molar refractivity (Wildman–Crippen MR) is 145 cm³/mol. The normalized spacial score (nSPS) is 10.3. The lowest BCUT2D eigenvalue weighted by Crippen LogP contribution is -2.09. The van der Waals surface area contributed by atoms with Crippen molar-refractivity contribution in [2.45, 2.75) is 0 Å². The highest BCUT2D eigenvalue weighted by atomic mass is 31.2. The number of carbonyl (C=O) groups excluding carboxylic acids is 3. The molecule has 0 spiro atoms. The fourth-order valence-corrected chi connectivity index (χ4v) is 4.07. The van der Waals surface area contributed by atoms with Crippen LogP contribution in [0.15, 0.2) is 111 Å². The summed E-state index contributed by atoms with van der Waals surface area (Å²) in [6, 6.07) is 18.1. The molecule has 3 aromatic rings. The lowest BCUT2D eigenvalue weighted by atomic mass is 10.3. The molecule has 0 aliphatic rings. The van der Waals surface area contributed by atoms with Gasteiger partial charge in [-0.1, -0.05) is 19.7 Å². The van der Waals surface area contributed by atoms with Crippen molar-refractivity contribution >= 4 is 42.6 Å². The van der Waals surface area contributed by atoms with Crippen molar-refractivity contribution < 1.29 is 32.5 Å². The fraction of sp³-hybridized carbons (Fsp3) is 0. The number of rotatable bonds is 12. The third kappa shape index (κ3) is 8.25. The van der Waals surface area contributed by atoms with E-state index in [4.69, 9.17) is 13.6 Å². The molecule has 0 aromatic heterocycles. The molecule has 0 saturated heterocycles. The lowest BCUT2D eigenvalue weighted by Gasteiger charge is -2.20. The zero-order valence-corrected chi connectivity index (χ0v) is 21.0. The number of benzene rings is 3. The Labute approximate surface area is 219 Å². The quantitative estimate of drug-likeness (QED) is 0.201. The number of carbonyl (C=O) groups is 3. The van der Waals surface area contributed by atoms with Crippen molar-refractivity contribution in [3.05, 3.63) is 111 Å². The van der Waals surface area contributed by atoms with Crippen LogP contribution in [0.1, 0.15) is 0 Å². The predicted octanol–water partition coefficient (Wildman–Crippen LogP) is 5.71. The molecule has 0 aliphatic heterocycles. The van der Waals surface area contributed by atoms with E-state index in [0.29, 0.717) is 17.1 Å². The van der Waals surface area contributed by atoms with Crippen LogP contribution in [0.3, 0.4) is 0 Å². The number of amides is 3. The number of phosphoric acid groups is 1. The number of hydrogen-bond acceptors (Lipinski definition) is 7. The Morgan fingerprint density at radius 3 is 0.974 bits per heavy atom. The molecule has 0 atom stereocenters. The average molecular weight is 533 g/mol. The minimum atomic E-state index is -4.34. The molecule has 3 aromatic carbocycles. The first-order valence-corrected chi connectivity index (χ1v) is 12.5. The highest BCUT2D eigenvalue weighted by Crippen LogP contribution is 2.50. The topological polar surface area (TPSA) is 132 Å². The van der Waals surface area contributed by atoms with E-state index in [1.54, 1.807) is 0 Å². The Morgan fingerprint density at radius 1 is 0.526 bits per heavy atom. The minimum absolute atomic E-state index is 0.134. The first kappa shape index (κ1) is 27.5. The van der Waals surface area contributed by atoms with E-state index >= 15 is 0 Å². The zero-order chi connectivity index (χ0) is 27.5. The fourth-order valence-electron chi connectivity index (χ4n) is 2.82. The number of nitrogens with one attached hydrogen (secondary N) is 3. The minimum Gasteiger partial charge on any atom is -0.386 e. The van der Waals surface area contributed by atoms with Gasteiger partial charge < -0.3 is 29.5 Å². The maximum absolute atomic E-state index is 13.7. The number of anilines is 3. The number of phosphoric ester groups is 1. The monoisotopic (exact) mass is 533 g/mol. The van der Waals surface area contributed by atoms with Gasteiger partial charge in [0.2, 0.25) is 17.7 Å². The zero-order valence-electron chi connectivity index (χ0n) is 20.1. The van der Waals surface area contributed by atoms with Crippen LogP contribution in [0.4, 0.5) is 17.1 Å². The van der Waals surface area contributed by atoms with Gasteiger partial charge >= 0.3 is 7.82 Å². The summed E-state index contributed by atoms with van der Waals surface area (Å²) in [7, 11) is -4.34. The van der Waals surface area contributed by atoms with Crippen molar-refractivity contribution in [1.29, 1.82) is 0 Å². The lowest BCUT2D eigenvalue weighted by molar-refractivity contribution is -0.112. The van der Waals surface area contributed by atoms with Crippen LogP contribution in [-0.4, -0.2) is 17.7 Å². The van der Waals surface area contributed by atoms with Crippen molar-refractivity contribution in [1.82, 2.24) is 0 Å². The third-order valence-electron chi connectivity index (χ3n) is 4.57. The van der Waals surface area contributed by atoms with Gasteiger partial charge in [0.15, 0.2) is 0 Å². The molecule has 3 amide bonds. The molecule has 3 rings (SSSR count). The van der Waals surface area contributed by atoms with Gasteiger partial charge in [-0.15, -0.1) is 0 Å². The Balaban J connectivity index is 1.83. The summed E-state index contributed by atoms with van der Waals surface area (Å²) in [6.45, 7) is 10.2. The van der Waals surface area contributed by atoms with E-state index in [9.17, 15) is 18.9 Å². The molecule has 0 radical (unpaired) electrons. The Bertz CT molecular complexity index is 1220. The van der Waals surface area contributed by atoms with Gasteiger partial charge in [-0.25, -0.2) is 0 Å². The second-order valence-corrected chi connectivity index (χ2v) is 8.82. The van der Waals surface area contributed by atoms with Crippen molar-refractivity contribution in [3.8, 4) is 17.2 Å². The summed E-state index contributed by atoms with van der Waals surface area (Å²) in [5.74, 6) is -0.775. The van der Waals surface area contributed by atoms with Crippen molar-refractivity contribution in [3.63, 3.8) is 0 Å². The van der Waals surface area contributed by atoms with Gasteiger partial charge in [-0.05, 0) is 91.0 Å². The van der Waals surface area contributed by atoms with E-state index in [0.717, 1.165) is 18.2 Å². The second-order valence-electron chi connectivity index (χ2n) is 7.37. The smallest absolute Gasteiger partial charge is 0.386 e. The van der Waals surface area contributed by atoms with Crippen LogP contribution in [0.25, 0.3) is 0 Å². The number of hydrogen-bond donors (Lipinski definition) is 3. The second kappa shape index (κ2) is 12.8. The van der Waals surface area contributed by atoms with Gasteiger partial charge in [0, 0.05) is 17.1 Å². The third-order valence-corrected chi connectivity index (χ3v) is 5.88. The van der Waals surface area contributed by atoms with Gasteiger partial charge in [-0.2, -0.15) is 4.57 Å². The summed E-state index contributed by atoms with van der Waals surface area (Å²) in [4.78, 5) is 34.5. The molecule has 0 heterocycles. The van der Waals surface area contributed by atoms with Crippen LogP contribution in [0.2, 0.25) is 0 Å².